The van der Waals surface area contributed by atoms with Crippen LogP contribution >= 0.6 is 11.8 Å². The van der Waals surface area contributed by atoms with Gasteiger partial charge in [-0.3, -0.25) is 14.2 Å². The number of amides is 1. The van der Waals surface area contributed by atoms with Gasteiger partial charge in [0, 0.05) is 12.1 Å². The number of thioether (sulfide) groups is 1. The van der Waals surface area contributed by atoms with E-state index in [4.69, 9.17) is 0 Å². The number of hydrogen-bond donors (Lipinski definition) is 1. The van der Waals surface area contributed by atoms with Gasteiger partial charge in [0.1, 0.15) is 0 Å². The zero-order chi connectivity index (χ0) is 21.5. The van der Waals surface area contributed by atoms with Gasteiger partial charge in [-0.1, -0.05) is 61.2 Å². The molecule has 1 amide bonds. The molecule has 0 unspecified atom stereocenters. The Kier molecular flexibility index (Phi) is 7.69. The number of fused-ring (bicyclic) bond motifs is 1. The lowest BCUT2D eigenvalue weighted by atomic mass is 10.1. The molecular weight excluding hydrogens is 394 g/mol. The highest BCUT2D eigenvalue weighted by Gasteiger charge is 2.17. The highest BCUT2D eigenvalue weighted by Crippen LogP contribution is 2.22. The number of aromatic nitrogens is 2. The molecule has 0 saturated heterocycles. The summed E-state index contributed by atoms with van der Waals surface area (Å²) in [5.74, 6) is 0.190. The lowest BCUT2D eigenvalue weighted by Gasteiger charge is -2.18. The van der Waals surface area contributed by atoms with E-state index in [9.17, 15) is 9.59 Å². The summed E-state index contributed by atoms with van der Waals surface area (Å²) in [5, 5.41) is 4.27. The molecule has 1 aromatic heterocycles. The van der Waals surface area contributed by atoms with Crippen LogP contribution in [0.15, 0.2) is 64.5 Å². The number of nitrogens with one attached hydrogen (secondary N) is 1. The van der Waals surface area contributed by atoms with Crippen molar-refractivity contribution in [3.63, 3.8) is 0 Å². The number of carbonyl (C=O) groups is 1. The number of benzene rings is 2. The Morgan fingerprint density at radius 1 is 1.10 bits per heavy atom. The summed E-state index contributed by atoms with van der Waals surface area (Å²) in [6, 6.07) is 17.7. The molecule has 3 aromatic rings. The van der Waals surface area contributed by atoms with Crippen molar-refractivity contribution < 1.29 is 4.79 Å². The van der Waals surface area contributed by atoms with Gasteiger partial charge in [0.15, 0.2) is 5.16 Å². The molecule has 0 saturated carbocycles. The Labute approximate surface area is 181 Å². The number of nitrogens with zero attached hydrogens (tertiary/aromatic N) is 2. The molecule has 0 spiro atoms. The Bertz CT molecular complexity index is 1050. The molecule has 1 heterocycles. The molecule has 2 atom stereocenters. The molecule has 5 nitrogen and oxygen atoms in total. The minimum absolute atomic E-state index is 0.0185. The fourth-order valence-electron chi connectivity index (χ4n) is 3.35. The zero-order valence-electron chi connectivity index (χ0n) is 17.8. The summed E-state index contributed by atoms with van der Waals surface area (Å²) >= 11 is 1.32. The maximum atomic E-state index is 13.0. The van der Waals surface area contributed by atoms with Crippen LogP contribution in [-0.4, -0.2) is 27.3 Å². The molecular formula is C24H29N3O2S. The maximum absolute atomic E-state index is 13.0. The van der Waals surface area contributed by atoms with Gasteiger partial charge in [0.2, 0.25) is 5.91 Å². The zero-order valence-corrected chi connectivity index (χ0v) is 18.6. The van der Waals surface area contributed by atoms with Crippen molar-refractivity contribution in [2.24, 2.45) is 0 Å². The van der Waals surface area contributed by atoms with E-state index in [-0.39, 0.29) is 29.3 Å². The first kappa shape index (κ1) is 22.1. The van der Waals surface area contributed by atoms with Gasteiger partial charge >= 0.3 is 0 Å². The third kappa shape index (κ3) is 5.51. The van der Waals surface area contributed by atoms with E-state index in [1.54, 1.807) is 10.6 Å². The van der Waals surface area contributed by atoms with Crippen molar-refractivity contribution in [1.82, 2.24) is 14.9 Å². The van der Waals surface area contributed by atoms with Crippen LogP contribution in [0.3, 0.4) is 0 Å². The molecule has 0 aliphatic rings. The molecule has 0 aliphatic heterocycles. The minimum atomic E-state index is -0.0471. The Morgan fingerprint density at radius 2 is 1.80 bits per heavy atom. The van der Waals surface area contributed by atoms with E-state index in [2.05, 4.69) is 22.4 Å². The first-order chi connectivity index (χ1) is 14.5. The molecule has 3 rings (SSSR count). The average molecular weight is 424 g/mol. The summed E-state index contributed by atoms with van der Waals surface area (Å²) in [4.78, 5) is 30.2. The fourth-order valence-corrected chi connectivity index (χ4v) is 4.25. The van der Waals surface area contributed by atoms with Gasteiger partial charge in [-0.05, 0) is 50.8 Å². The second kappa shape index (κ2) is 10.4. The van der Waals surface area contributed by atoms with E-state index in [1.807, 2.05) is 57.2 Å². The molecule has 158 valence electrons. The van der Waals surface area contributed by atoms with Crippen LogP contribution in [0, 0.1) is 0 Å². The van der Waals surface area contributed by atoms with Crippen molar-refractivity contribution in [1.29, 1.82) is 0 Å². The SMILES string of the molecule is CC[C@H](C)n1c(SCC(=O)N[C@H](C)CCc2ccccc2)nc2ccccc2c1=O. The maximum Gasteiger partial charge on any atom is 0.262 e. The monoisotopic (exact) mass is 423 g/mol. The summed E-state index contributed by atoms with van der Waals surface area (Å²) in [5.41, 5.74) is 1.89. The van der Waals surface area contributed by atoms with Gasteiger partial charge < -0.3 is 5.32 Å². The second-order valence-corrected chi connectivity index (χ2v) is 8.57. The van der Waals surface area contributed by atoms with E-state index < -0.39 is 0 Å². The lowest BCUT2D eigenvalue weighted by Crippen LogP contribution is -2.34. The molecule has 0 radical (unpaired) electrons. The summed E-state index contributed by atoms with van der Waals surface area (Å²) in [7, 11) is 0. The van der Waals surface area contributed by atoms with Crippen molar-refractivity contribution in [2.75, 3.05) is 5.75 Å². The van der Waals surface area contributed by atoms with E-state index in [0.29, 0.717) is 16.1 Å². The van der Waals surface area contributed by atoms with Crippen molar-refractivity contribution in [3.8, 4) is 0 Å². The van der Waals surface area contributed by atoms with Crippen LogP contribution in [0.4, 0.5) is 0 Å². The van der Waals surface area contributed by atoms with Crippen molar-refractivity contribution >= 4 is 28.6 Å². The third-order valence-corrected chi connectivity index (χ3v) is 6.21. The lowest BCUT2D eigenvalue weighted by molar-refractivity contribution is -0.119. The van der Waals surface area contributed by atoms with Crippen LogP contribution in [-0.2, 0) is 11.2 Å². The largest absolute Gasteiger partial charge is 0.353 e. The number of para-hydroxylation sites is 1. The summed E-state index contributed by atoms with van der Waals surface area (Å²) in [6.07, 6.45) is 2.62. The topological polar surface area (TPSA) is 64.0 Å². The summed E-state index contributed by atoms with van der Waals surface area (Å²) < 4.78 is 1.72. The van der Waals surface area contributed by atoms with Gasteiger partial charge in [-0.15, -0.1) is 0 Å². The van der Waals surface area contributed by atoms with E-state index in [0.717, 1.165) is 19.3 Å². The number of aryl methyl sites for hydroxylation is 1. The van der Waals surface area contributed by atoms with Gasteiger partial charge in [0.25, 0.3) is 5.56 Å². The van der Waals surface area contributed by atoms with Crippen LogP contribution in [0.5, 0.6) is 0 Å². The smallest absolute Gasteiger partial charge is 0.262 e. The third-order valence-electron chi connectivity index (χ3n) is 5.26. The molecule has 30 heavy (non-hydrogen) atoms. The first-order valence-electron chi connectivity index (χ1n) is 10.5. The molecule has 6 heteroatoms. The molecule has 0 aliphatic carbocycles. The molecule has 0 fully saturated rings. The quantitative estimate of drug-likeness (QED) is 0.404. The Balaban J connectivity index is 1.65. The predicted molar refractivity (Wildman–Crippen MR) is 124 cm³/mol. The van der Waals surface area contributed by atoms with Crippen LogP contribution < -0.4 is 10.9 Å². The summed E-state index contributed by atoms with van der Waals surface area (Å²) in [6.45, 7) is 6.07. The Hall–Kier alpha value is -2.60. The second-order valence-electron chi connectivity index (χ2n) is 7.63. The average Bonchev–Trinajstić information content (AvgIpc) is 2.76. The van der Waals surface area contributed by atoms with Gasteiger partial charge in [0.05, 0.1) is 16.7 Å². The van der Waals surface area contributed by atoms with Gasteiger partial charge in [-0.2, -0.15) is 0 Å². The van der Waals surface area contributed by atoms with Crippen molar-refractivity contribution in [3.05, 3.63) is 70.5 Å². The normalized spacial score (nSPS) is 13.2. The number of carbonyl (C=O) groups excluding carboxylic acids is 1. The molecule has 0 bridgehead atoms. The predicted octanol–water partition coefficient (Wildman–Crippen LogP) is 4.60. The minimum Gasteiger partial charge on any atom is -0.353 e. The van der Waals surface area contributed by atoms with Crippen LogP contribution in [0.2, 0.25) is 0 Å². The van der Waals surface area contributed by atoms with E-state index >= 15 is 0 Å². The fraction of sp³-hybridized carbons (Fsp3) is 0.375. The van der Waals surface area contributed by atoms with Gasteiger partial charge in [-0.25, -0.2) is 4.98 Å². The number of rotatable bonds is 9. The van der Waals surface area contributed by atoms with Crippen LogP contribution in [0.1, 0.15) is 45.2 Å². The Morgan fingerprint density at radius 3 is 2.53 bits per heavy atom. The molecule has 1 N–H and O–H groups in total. The standard InChI is InChI=1S/C24H29N3O2S/c1-4-18(3)27-23(29)20-12-8-9-13-21(20)26-24(27)30-16-22(28)25-17(2)14-15-19-10-6-5-7-11-19/h5-13,17-18H,4,14-16H2,1-3H3,(H,25,28)/t17-,18+/m1/s1. The first-order valence-corrected chi connectivity index (χ1v) is 11.5. The number of hydrogen-bond acceptors (Lipinski definition) is 4. The highest BCUT2D eigenvalue weighted by atomic mass is 32.2. The molecule has 2 aromatic carbocycles. The van der Waals surface area contributed by atoms with Crippen LogP contribution in [0.25, 0.3) is 10.9 Å². The van der Waals surface area contributed by atoms with Crippen molar-refractivity contribution in [2.45, 2.75) is 57.3 Å². The van der Waals surface area contributed by atoms with E-state index in [1.165, 1.54) is 17.3 Å². The highest BCUT2D eigenvalue weighted by molar-refractivity contribution is 7.99.